The Morgan fingerprint density at radius 2 is 2.18 bits per heavy atom. The van der Waals surface area contributed by atoms with E-state index < -0.39 is 13.0 Å². The van der Waals surface area contributed by atoms with E-state index in [0.717, 1.165) is 0 Å². The fraction of sp³-hybridized carbons (Fsp3) is 0.286. The summed E-state index contributed by atoms with van der Waals surface area (Å²) in [7, 11) is 0. The summed E-state index contributed by atoms with van der Waals surface area (Å²) in [6.07, 6.45) is 0.126. The smallest absolute Gasteiger partial charge is 0.258 e. The standard InChI is InChI=1S/C7H8F2N8/c8-4(9)1-12-6-14-5(10)15-7(16-6)17-3-11-2-13-17/h2-4H,1H2,(H3,10,12,14,15,16). The average Bonchev–Trinajstić information content (AvgIpc) is 2.79. The second kappa shape index (κ2) is 4.63. The van der Waals surface area contributed by atoms with E-state index in [1.54, 1.807) is 0 Å². The molecule has 10 heteroatoms. The molecule has 0 aromatic carbocycles. The lowest BCUT2D eigenvalue weighted by molar-refractivity contribution is 0.163. The van der Waals surface area contributed by atoms with Crippen molar-refractivity contribution in [3.63, 3.8) is 0 Å². The monoisotopic (exact) mass is 242 g/mol. The van der Waals surface area contributed by atoms with E-state index in [-0.39, 0.29) is 17.8 Å². The summed E-state index contributed by atoms with van der Waals surface area (Å²) in [5.74, 6) is -0.0302. The van der Waals surface area contributed by atoms with Crippen molar-refractivity contribution in [2.45, 2.75) is 6.43 Å². The number of nitrogens with zero attached hydrogens (tertiary/aromatic N) is 6. The molecular formula is C7H8F2N8. The molecular weight excluding hydrogens is 234 g/mol. The van der Waals surface area contributed by atoms with Crippen molar-refractivity contribution in [1.29, 1.82) is 0 Å². The summed E-state index contributed by atoms with van der Waals surface area (Å²) in [5.41, 5.74) is 5.42. The third kappa shape index (κ3) is 2.80. The topological polar surface area (TPSA) is 107 Å². The van der Waals surface area contributed by atoms with Gasteiger partial charge >= 0.3 is 0 Å². The van der Waals surface area contributed by atoms with Crippen molar-refractivity contribution in [3.8, 4) is 5.95 Å². The molecule has 3 N–H and O–H groups in total. The zero-order chi connectivity index (χ0) is 12.3. The first-order chi connectivity index (χ1) is 8.15. The molecule has 0 atom stereocenters. The largest absolute Gasteiger partial charge is 0.368 e. The van der Waals surface area contributed by atoms with Gasteiger partial charge in [-0.15, -0.1) is 0 Å². The molecule has 2 aromatic heterocycles. The summed E-state index contributed by atoms with van der Waals surface area (Å²) < 4.78 is 25.2. The number of rotatable bonds is 4. The normalized spacial score (nSPS) is 10.8. The molecule has 0 aliphatic rings. The Labute approximate surface area is 93.9 Å². The number of nitrogen functional groups attached to an aromatic ring is 1. The lowest BCUT2D eigenvalue weighted by Crippen LogP contribution is -2.15. The Morgan fingerprint density at radius 1 is 1.35 bits per heavy atom. The van der Waals surface area contributed by atoms with Crippen LogP contribution in [-0.2, 0) is 0 Å². The highest BCUT2D eigenvalue weighted by molar-refractivity contribution is 5.34. The van der Waals surface area contributed by atoms with Crippen molar-refractivity contribution in [2.75, 3.05) is 17.6 Å². The van der Waals surface area contributed by atoms with Gasteiger partial charge in [0, 0.05) is 0 Å². The van der Waals surface area contributed by atoms with Crippen LogP contribution in [0.4, 0.5) is 20.7 Å². The number of hydrogen-bond donors (Lipinski definition) is 2. The van der Waals surface area contributed by atoms with E-state index in [2.05, 4.69) is 30.4 Å². The summed E-state index contributed by atoms with van der Waals surface area (Å²) in [4.78, 5) is 15.0. The Balaban J connectivity index is 2.24. The molecule has 0 aliphatic heterocycles. The molecule has 0 unspecified atom stereocenters. The summed E-state index contributed by atoms with van der Waals surface area (Å²) in [6.45, 7) is -0.569. The van der Waals surface area contributed by atoms with Crippen LogP contribution in [0.1, 0.15) is 0 Å². The number of nitrogens with two attached hydrogens (primary N) is 1. The van der Waals surface area contributed by atoms with Crippen LogP contribution in [-0.4, -0.2) is 42.7 Å². The molecule has 0 fully saturated rings. The molecule has 2 rings (SSSR count). The van der Waals surface area contributed by atoms with E-state index in [1.807, 2.05) is 0 Å². The van der Waals surface area contributed by atoms with Gasteiger partial charge in [-0.1, -0.05) is 0 Å². The van der Waals surface area contributed by atoms with Crippen LogP contribution in [0.2, 0.25) is 0 Å². The molecule has 0 saturated heterocycles. The summed E-state index contributed by atoms with van der Waals surface area (Å²) in [5, 5.41) is 6.12. The first-order valence-electron chi connectivity index (χ1n) is 4.53. The van der Waals surface area contributed by atoms with Crippen molar-refractivity contribution >= 4 is 11.9 Å². The first kappa shape index (κ1) is 11.1. The van der Waals surface area contributed by atoms with Gasteiger partial charge in [0.05, 0.1) is 6.54 Å². The number of aromatic nitrogens is 6. The Kier molecular flexibility index (Phi) is 3.03. The molecule has 0 aliphatic carbocycles. The highest BCUT2D eigenvalue weighted by Gasteiger charge is 2.08. The van der Waals surface area contributed by atoms with Crippen molar-refractivity contribution < 1.29 is 8.78 Å². The minimum Gasteiger partial charge on any atom is -0.368 e. The maximum absolute atomic E-state index is 12.0. The fourth-order valence-electron chi connectivity index (χ4n) is 1.04. The third-order valence-electron chi connectivity index (χ3n) is 1.68. The maximum Gasteiger partial charge on any atom is 0.258 e. The highest BCUT2D eigenvalue weighted by atomic mass is 19.3. The van der Waals surface area contributed by atoms with E-state index in [1.165, 1.54) is 17.3 Å². The average molecular weight is 242 g/mol. The van der Waals surface area contributed by atoms with Crippen molar-refractivity contribution in [1.82, 2.24) is 29.7 Å². The van der Waals surface area contributed by atoms with Gasteiger partial charge in [-0.05, 0) is 0 Å². The predicted octanol–water partition coefficient (Wildman–Crippen LogP) is -0.289. The molecule has 17 heavy (non-hydrogen) atoms. The quantitative estimate of drug-likeness (QED) is 0.758. The SMILES string of the molecule is Nc1nc(NCC(F)F)nc(-n2cncn2)n1. The minimum atomic E-state index is -2.51. The number of halogens is 2. The Hall–Kier alpha value is -2.39. The summed E-state index contributed by atoms with van der Waals surface area (Å²) >= 11 is 0. The van der Waals surface area contributed by atoms with E-state index in [4.69, 9.17) is 5.73 Å². The van der Waals surface area contributed by atoms with Crippen LogP contribution < -0.4 is 11.1 Å². The molecule has 2 heterocycles. The van der Waals surface area contributed by atoms with Crippen molar-refractivity contribution in [3.05, 3.63) is 12.7 Å². The molecule has 0 spiro atoms. The van der Waals surface area contributed by atoms with Crippen molar-refractivity contribution in [2.24, 2.45) is 0 Å². The van der Waals surface area contributed by atoms with Gasteiger partial charge < -0.3 is 11.1 Å². The van der Waals surface area contributed by atoms with E-state index in [9.17, 15) is 8.78 Å². The molecule has 0 bridgehead atoms. The lowest BCUT2D eigenvalue weighted by Gasteiger charge is -2.05. The molecule has 8 nitrogen and oxygen atoms in total. The maximum atomic E-state index is 12.0. The lowest BCUT2D eigenvalue weighted by atomic mass is 10.6. The molecule has 0 radical (unpaired) electrons. The zero-order valence-electron chi connectivity index (χ0n) is 8.46. The molecule has 0 amide bonds. The van der Waals surface area contributed by atoms with Crippen LogP contribution in [0.5, 0.6) is 0 Å². The minimum absolute atomic E-state index is 0.0386. The van der Waals surface area contributed by atoms with Crippen LogP contribution in [0.15, 0.2) is 12.7 Å². The van der Waals surface area contributed by atoms with Gasteiger partial charge in [-0.2, -0.15) is 24.7 Å². The van der Waals surface area contributed by atoms with Gasteiger partial charge in [0.2, 0.25) is 11.9 Å². The second-order valence-corrected chi connectivity index (χ2v) is 2.93. The first-order valence-corrected chi connectivity index (χ1v) is 4.53. The predicted molar refractivity (Wildman–Crippen MR) is 53.7 cm³/mol. The number of anilines is 2. The third-order valence-corrected chi connectivity index (χ3v) is 1.68. The second-order valence-electron chi connectivity index (χ2n) is 2.93. The van der Waals surface area contributed by atoms with Crippen LogP contribution in [0.3, 0.4) is 0 Å². The van der Waals surface area contributed by atoms with E-state index >= 15 is 0 Å². The fourth-order valence-corrected chi connectivity index (χ4v) is 1.04. The van der Waals surface area contributed by atoms with Gasteiger partial charge in [0.15, 0.2) is 0 Å². The van der Waals surface area contributed by atoms with Gasteiger partial charge in [0.25, 0.3) is 12.4 Å². The molecule has 0 saturated carbocycles. The molecule has 2 aromatic rings. The van der Waals surface area contributed by atoms with E-state index in [0.29, 0.717) is 0 Å². The van der Waals surface area contributed by atoms with Crippen LogP contribution in [0.25, 0.3) is 5.95 Å². The van der Waals surface area contributed by atoms with Crippen LogP contribution >= 0.6 is 0 Å². The Morgan fingerprint density at radius 3 is 2.82 bits per heavy atom. The number of hydrogen-bond acceptors (Lipinski definition) is 7. The highest BCUT2D eigenvalue weighted by Crippen LogP contribution is 2.06. The number of alkyl halides is 2. The van der Waals surface area contributed by atoms with Crippen LogP contribution in [0, 0.1) is 0 Å². The summed E-state index contributed by atoms with van der Waals surface area (Å²) in [6, 6.07) is 0. The Bertz CT molecular complexity index is 485. The van der Waals surface area contributed by atoms with Gasteiger partial charge in [-0.3, -0.25) is 0 Å². The number of nitrogens with one attached hydrogen (secondary N) is 1. The van der Waals surface area contributed by atoms with Gasteiger partial charge in [0.1, 0.15) is 12.7 Å². The zero-order valence-corrected chi connectivity index (χ0v) is 8.46. The molecule has 90 valence electrons. The van der Waals surface area contributed by atoms with Gasteiger partial charge in [-0.25, -0.2) is 13.8 Å².